The average molecular weight is 445 g/mol. The first-order valence-corrected chi connectivity index (χ1v) is 10.4. The number of nitrogens with zero attached hydrogens (tertiary/aromatic N) is 4. The van der Waals surface area contributed by atoms with Gasteiger partial charge in [0, 0.05) is 25.5 Å². The summed E-state index contributed by atoms with van der Waals surface area (Å²) in [6.07, 6.45) is 3.27. The van der Waals surface area contributed by atoms with Crippen molar-refractivity contribution in [2.24, 2.45) is 0 Å². The summed E-state index contributed by atoms with van der Waals surface area (Å²) in [4.78, 5) is 47.0. The molecule has 0 radical (unpaired) electrons. The van der Waals surface area contributed by atoms with Crippen LogP contribution < -0.4 is 21.3 Å². The first-order chi connectivity index (χ1) is 16.1. The highest BCUT2D eigenvalue weighted by Crippen LogP contribution is 2.12. The molecule has 2 aromatic carbocycles. The van der Waals surface area contributed by atoms with E-state index < -0.39 is 11.2 Å². The topological polar surface area (TPSA) is 108 Å². The minimum atomic E-state index is -0.597. The van der Waals surface area contributed by atoms with Crippen molar-refractivity contribution in [3.8, 4) is 5.75 Å². The normalized spacial score (nSPS) is 10.8. The number of fused-ring (bicyclic) bond motifs is 1. The Morgan fingerprint density at radius 3 is 2.52 bits per heavy atom. The van der Waals surface area contributed by atoms with E-state index in [1.807, 2.05) is 54.6 Å². The highest BCUT2D eigenvalue weighted by atomic mass is 16.5. The van der Waals surface area contributed by atoms with Gasteiger partial charge in [-0.1, -0.05) is 42.5 Å². The van der Waals surface area contributed by atoms with Crippen molar-refractivity contribution in [1.82, 2.24) is 24.4 Å². The number of aromatic nitrogens is 4. The number of ether oxygens (including phenoxy) is 1. The van der Waals surface area contributed by atoms with Gasteiger partial charge in [-0.3, -0.25) is 18.7 Å². The lowest BCUT2D eigenvalue weighted by molar-refractivity contribution is -0.121. The van der Waals surface area contributed by atoms with Crippen LogP contribution in [0, 0.1) is 0 Å². The molecule has 0 unspecified atom stereocenters. The zero-order chi connectivity index (χ0) is 23.2. The van der Waals surface area contributed by atoms with Gasteiger partial charge in [0.15, 0.2) is 11.2 Å². The van der Waals surface area contributed by atoms with Crippen LogP contribution in [0.4, 0.5) is 0 Å². The number of hydrogen-bond donors (Lipinski definition) is 1. The molecular formula is C24H23N5O4. The third-order valence-corrected chi connectivity index (χ3v) is 5.24. The molecule has 0 saturated carbocycles. The van der Waals surface area contributed by atoms with Crippen LogP contribution >= 0.6 is 0 Å². The Labute approximate surface area is 189 Å². The summed E-state index contributed by atoms with van der Waals surface area (Å²) in [6, 6.07) is 16.9. The molecule has 2 heterocycles. The molecule has 0 spiro atoms. The van der Waals surface area contributed by atoms with Gasteiger partial charge in [0.25, 0.3) is 5.56 Å². The van der Waals surface area contributed by atoms with Crippen molar-refractivity contribution in [2.45, 2.75) is 26.1 Å². The van der Waals surface area contributed by atoms with E-state index in [1.54, 1.807) is 7.11 Å². The van der Waals surface area contributed by atoms with Crippen molar-refractivity contribution in [3.05, 3.63) is 99.0 Å². The molecule has 9 heteroatoms. The second-order valence-electron chi connectivity index (χ2n) is 7.42. The fourth-order valence-corrected chi connectivity index (χ4v) is 3.54. The van der Waals surface area contributed by atoms with E-state index in [4.69, 9.17) is 4.74 Å². The highest BCUT2D eigenvalue weighted by Gasteiger charge is 2.17. The predicted octanol–water partition coefficient (Wildman–Crippen LogP) is 1.52. The Bertz CT molecular complexity index is 1400. The highest BCUT2D eigenvalue weighted by molar-refractivity contribution is 5.78. The standard InChI is InChI=1S/C24H23N5O4/c1-33-19-9-5-8-18(14-19)15-27-20(30)16-29-22-21(25-11-12-26-22)23(31)28(24(29)32)13-10-17-6-3-2-4-7-17/h2-9,11-12,14H,10,13,15-16H2,1H3,(H,27,30). The number of amides is 1. The van der Waals surface area contributed by atoms with E-state index in [0.29, 0.717) is 12.2 Å². The SMILES string of the molecule is COc1cccc(CNC(=O)Cn2c(=O)n(CCc3ccccc3)c(=O)c3nccnc32)c1. The Kier molecular flexibility index (Phi) is 6.58. The summed E-state index contributed by atoms with van der Waals surface area (Å²) in [5.74, 6) is 0.296. The Balaban J connectivity index is 1.60. The molecule has 2 aromatic heterocycles. The van der Waals surface area contributed by atoms with Crippen LogP contribution in [0.3, 0.4) is 0 Å². The molecule has 33 heavy (non-hydrogen) atoms. The first kappa shape index (κ1) is 21.9. The number of nitrogens with one attached hydrogen (secondary N) is 1. The number of benzene rings is 2. The van der Waals surface area contributed by atoms with Crippen molar-refractivity contribution in [1.29, 1.82) is 0 Å². The van der Waals surface area contributed by atoms with E-state index in [2.05, 4.69) is 15.3 Å². The molecule has 0 bridgehead atoms. The molecule has 9 nitrogen and oxygen atoms in total. The van der Waals surface area contributed by atoms with E-state index in [1.165, 1.54) is 17.0 Å². The van der Waals surface area contributed by atoms with Gasteiger partial charge in [-0.2, -0.15) is 0 Å². The van der Waals surface area contributed by atoms with Gasteiger partial charge in [-0.25, -0.2) is 14.8 Å². The number of rotatable bonds is 8. The third-order valence-electron chi connectivity index (χ3n) is 5.24. The van der Waals surface area contributed by atoms with Gasteiger partial charge in [-0.05, 0) is 29.7 Å². The smallest absolute Gasteiger partial charge is 0.333 e. The largest absolute Gasteiger partial charge is 0.497 e. The molecule has 0 aliphatic heterocycles. The Morgan fingerprint density at radius 2 is 1.73 bits per heavy atom. The fraction of sp³-hybridized carbons (Fsp3) is 0.208. The number of carbonyl (C=O) groups is 1. The number of methoxy groups -OCH3 is 1. The molecule has 0 fully saturated rings. The minimum absolute atomic E-state index is 0.0470. The Hall–Kier alpha value is -4.27. The number of carbonyl (C=O) groups excluding carboxylic acids is 1. The van der Waals surface area contributed by atoms with Crippen molar-refractivity contribution in [2.75, 3.05) is 7.11 Å². The lowest BCUT2D eigenvalue weighted by Crippen LogP contribution is -2.43. The third kappa shape index (κ3) is 4.98. The van der Waals surface area contributed by atoms with Crippen LogP contribution in [-0.4, -0.2) is 32.1 Å². The van der Waals surface area contributed by atoms with Gasteiger partial charge in [0.2, 0.25) is 5.91 Å². The van der Waals surface area contributed by atoms with E-state index >= 15 is 0 Å². The molecule has 0 atom stereocenters. The first-order valence-electron chi connectivity index (χ1n) is 10.4. The summed E-state index contributed by atoms with van der Waals surface area (Å²) < 4.78 is 7.50. The van der Waals surface area contributed by atoms with E-state index in [9.17, 15) is 14.4 Å². The minimum Gasteiger partial charge on any atom is -0.497 e. The van der Waals surface area contributed by atoms with Crippen molar-refractivity contribution < 1.29 is 9.53 Å². The average Bonchev–Trinajstić information content (AvgIpc) is 2.86. The van der Waals surface area contributed by atoms with Crippen LogP contribution in [0.2, 0.25) is 0 Å². The monoisotopic (exact) mass is 445 g/mol. The summed E-state index contributed by atoms with van der Waals surface area (Å²) in [5.41, 5.74) is 0.858. The van der Waals surface area contributed by atoms with Crippen molar-refractivity contribution >= 4 is 17.1 Å². The molecule has 1 amide bonds. The fourth-order valence-electron chi connectivity index (χ4n) is 3.54. The molecule has 168 valence electrons. The summed E-state index contributed by atoms with van der Waals surface area (Å²) in [5, 5.41) is 2.79. The predicted molar refractivity (Wildman–Crippen MR) is 123 cm³/mol. The maximum Gasteiger partial charge on any atom is 0.333 e. The molecule has 0 aliphatic carbocycles. The molecular weight excluding hydrogens is 422 g/mol. The maximum absolute atomic E-state index is 13.2. The second kappa shape index (κ2) is 9.90. The van der Waals surface area contributed by atoms with E-state index in [0.717, 1.165) is 15.7 Å². The zero-order valence-electron chi connectivity index (χ0n) is 18.1. The second-order valence-corrected chi connectivity index (χ2v) is 7.42. The zero-order valence-corrected chi connectivity index (χ0v) is 18.1. The quantitative estimate of drug-likeness (QED) is 0.441. The lowest BCUT2D eigenvalue weighted by atomic mass is 10.1. The summed E-state index contributed by atoms with van der Waals surface area (Å²) >= 11 is 0. The van der Waals surface area contributed by atoms with Crippen LogP contribution in [0.25, 0.3) is 11.2 Å². The summed E-state index contributed by atoms with van der Waals surface area (Å²) in [6.45, 7) is 0.144. The lowest BCUT2D eigenvalue weighted by Gasteiger charge is -2.13. The van der Waals surface area contributed by atoms with Crippen LogP contribution in [0.1, 0.15) is 11.1 Å². The van der Waals surface area contributed by atoms with Crippen LogP contribution in [-0.2, 0) is 30.8 Å². The summed E-state index contributed by atoms with van der Waals surface area (Å²) in [7, 11) is 1.57. The Morgan fingerprint density at radius 1 is 0.970 bits per heavy atom. The van der Waals surface area contributed by atoms with Gasteiger partial charge in [0.1, 0.15) is 12.3 Å². The molecule has 0 aliphatic rings. The van der Waals surface area contributed by atoms with Crippen LogP contribution in [0.15, 0.2) is 76.6 Å². The maximum atomic E-state index is 13.2. The van der Waals surface area contributed by atoms with E-state index in [-0.39, 0.29) is 36.7 Å². The van der Waals surface area contributed by atoms with Gasteiger partial charge < -0.3 is 10.1 Å². The van der Waals surface area contributed by atoms with Crippen LogP contribution in [0.5, 0.6) is 5.75 Å². The number of hydrogen-bond acceptors (Lipinski definition) is 6. The number of aryl methyl sites for hydroxylation is 1. The van der Waals surface area contributed by atoms with Gasteiger partial charge in [0.05, 0.1) is 7.11 Å². The molecule has 4 rings (SSSR count). The van der Waals surface area contributed by atoms with Gasteiger partial charge >= 0.3 is 5.69 Å². The van der Waals surface area contributed by atoms with Gasteiger partial charge in [-0.15, -0.1) is 0 Å². The van der Waals surface area contributed by atoms with Crippen molar-refractivity contribution in [3.63, 3.8) is 0 Å². The molecule has 4 aromatic rings. The molecule has 1 N–H and O–H groups in total. The molecule has 0 saturated heterocycles.